The van der Waals surface area contributed by atoms with E-state index in [1.165, 1.54) is 24.0 Å². The number of urea groups is 3. The number of methoxy groups -OCH3 is 6. The van der Waals surface area contributed by atoms with Gasteiger partial charge in [-0.25, -0.2) is 14.4 Å². The van der Waals surface area contributed by atoms with Crippen molar-refractivity contribution in [2.75, 3.05) is 130 Å². The molecule has 0 saturated carbocycles. The molecule has 3 aliphatic rings. The minimum absolute atomic E-state index is 0.00468. The number of nitrogens with zero attached hydrogens (tertiary/aromatic N) is 7. The van der Waals surface area contributed by atoms with Gasteiger partial charge in [0.15, 0.2) is 0 Å². The summed E-state index contributed by atoms with van der Waals surface area (Å²) in [6.45, 7) is 5.07. The summed E-state index contributed by atoms with van der Waals surface area (Å²) in [5.41, 5.74) is 0. The predicted molar refractivity (Wildman–Crippen MR) is 141 cm³/mol. The van der Waals surface area contributed by atoms with E-state index >= 15 is 0 Å². The fraction of sp³-hybridized carbons (Fsp3) is 0.870. The molecule has 0 aliphatic carbocycles. The zero-order valence-corrected chi connectivity index (χ0v) is 24.9. The Hall–Kier alpha value is -2.51. The van der Waals surface area contributed by atoms with E-state index in [9.17, 15) is 14.4 Å². The maximum absolute atomic E-state index is 11.7. The molecular weight excluding hydrogens is 534 g/mol. The lowest BCUT2D eigenvalue weighted by atomic mass is 10.3. The molecule has 3 rings (SSSR count). The third kappa shape index (κ3) is 11.9. The summed E-state index contributed by atoms with van der Waals surface area (Å²) in [4.78, 5) is 46.3. The Morgan fingerprint density at radius 3 is 1.20 bits per heavy atom. The smallest absolute Gasteiger partial charge is 0.327 e. The molecule has 234 valence electrons. The number of amides is 6. The quantitative estimate of drug-likeness (QED) is 0.307. The molecule has 0 aromatic carbocycles. The first kappa shape index (κ1) is 35.5. The number of hydrogen-bond donors (Lipinski definition) is 0. The van der Waals surface area contributed by atoms with Gasteiger partial charge < -0.3 is 43.0 Å². The monoisotopic (exact) mass is 581 g/mol. The second kappa shape index (κ2) is 20.4. The molecule has 0 atom stereocenters. The van der Waals surface area contributed by atoms with Gasteiger partial charge in [-0.05, 0) is 13.5 Å². The first-order valence-corrected chi connectivity index (χ1v) is 12.6. The van der Waals surface area contributed by atoms with Gasteiger partial charge in [0.1, 0.15) is 53.8 Å². The summed E-state index contributed by atoms with van der Waals surface area (Å²) in [5.74, 6) is 0. The van der Waals surface area contributed by atoms with Gasteiger partial charge in [-0.2, -0.15) is 0 Å². The normalized spacial score (nSPS) is 18.5. The number of hydrogen-bond acceptors (Lipinski definition) is 11. The summed E-state index contributed by atoms with van der Waals surface area (Å²) < 4.78 is 34.5. The molecule has 0 aromatic rings. The molecule has 0 aromatic heterocycles. The van der Waals surface area contributed by atoms with E-state index in [2.05, 4.69) is 0 Å². The van der Waals surface area contributed by atoms with Gasteiger partial charge >= 0.3 is 18.1 Å². The molecule has 3 saturated heterocycles. The zero-order valence-electron chi connectivity index (χ0n) is 24.9. The van der Waals surface area contributed by atoms with Crippen LogP contribution in [-0.2, 0) is 33.2 Å². The highest BCUT2D eigenvalue weighted by atomic mass is 16.5. The molecule has 0 N–H and O–H groups in total. The van der Waals surface area contributed by atoms with Crippen molar-refractivity contribution in [1.82, 2.24) is 34.3 Å². The van der Waals surface area contributed by atoms with Gasteiger partial charge in [0.05, 0.1) is 13.3 Å². The lowest BCUT2D eigenvalue weighted by Crippen LogP contribution is -2.57. The molecule has 3 heterocycles. The van der Waals surface area contributed by atoms with Crippen LogP contribution in [0.2, 0.25) is 0 Å². The van der Waals surface area contributed by atoms with Crippen molar-refractivity contribution in [3.8, 4) is 0 Å². The Labute approximate surface area is 236 Å². The predicted octanol–water partition coefficient (Wildman–Crippen LogP) is -0.0361. The molecule has 0 unspecified atom stereocenters. The average molecular weight is 582 g/mol. The van der Waals surface area contributed by atoms with Crippen LogP contribution in [0.3, 0.4) is 0 Å². The highest BCUT2D eigenvalue weighted by molar-refractivity contribution is 5.75. The molecule has 17 nitrogen and oxygen atoms in total. The number of ether oxygens (including phenoxy) is 7. The van der Waals surface area contributed by atoms with E-state index in [1.54, 1.807) is 48.0 Å². The van der Waals surface area contributed by atoms with E-state index in [-0.39, 0.29) is 45.0 Å². The van der Waals surface area contributed by atoms with Crippen LogP contribution in [0.4, 0.5) is 14.4 Å². The van der Waals surface area contributed by atoms with Crippen molar-refractivity contribution < 1.29 is 47.5 Å². The van der Waals surface area contributed by atoms with E-state index < -0.39 is 0 Å². The third-order valence-corrected chi connectivity index (χ3v) is 5.51. The van der Waals surface area contributed by atoms with E-state index in [4.69, 9.17) is 33.2 Å². The number of rotatable bonds is 12. The van der Waals surface area contributed by atoms with Crippen molar-refractivity contribution in [2.24, 2.45) is 0 Å². The van der Waals surface area contributed by atoms with Gasteiger partial charge in [-0.1, -0.05) is 0 Å². The largest absolute Gasteiger partial charge is 0.364 e. The van der Waals surface area contributed by atoms with Crippen LogP contribution in [0, 0.1) is 0 Å². The Kier molecular flexibility index (Phi) is 18.1. The molecule has 17 heteroatoms. The Balaban J connectivity index is 0.000000300. The van der Waals surface area contributed by atoms with Crippen molar-refractivity contribution in [3.05, 3.63) is 0 Å². The van der Waals surface area contributed by atoms with Gasteiger partial charge in [-0.15, -0.1) is 0 Å². The topological polar surface area (TPSA) is 139 Å². The maximum Gasteiger partial charge on any atom is 0.327 e. The lowest BCUT2D eigenvalue weighted by Gasteiger charge is -2.39. The zero-order chi connectivity index (χ0) is 29.9. The summed E-state index contributed by atoms with van der Waals surface area (Å²) in [6.07, 6.45) is 0.971. The maximum atomic E-state index is 11.7. The summed E-state index contributed by atoms with van der Waals surface area (Å²) in [7, 11) is 11.3. The lowest BCUT2D eigenvalue weighted by molar-refractivity contribution is -0.102. The second-order valence-electron chi connectivity index (χ2n) is 9.00. The van der Waals surface area contributed by atoms with Crippen molar-refractivity contribution in [2.45, 2.75) is 6.42 Å². The minimum atomic E-state index is -0.130. The van der Waals surface area contributed by atoms with Crippen LogP contribution < -0.4 is 0 Å². The van der Waals surface area contributed by atoms with Crippen LogP contribution in [-0.4, -0.2) is 182 Å². The van der Waals surface area contributed by atoms with Crippen LogP contribution in [0.5, 0.6) is 0 Å². The van der Waals surface area contributed by atoms with E-state index in [1.807, 2.05) is 11.9 Å². The Morgan fingerprint density at radius 2 is 0.825 bits per heavy atom. The second-order valence-corrected chi connectivity index (χ2v) is 9.00. The highest BCUT2D eigenvalue weighted by Gasteiger charge is 2.28. The van der Waals surface area contributed by atoms with Crippen LogP contribution in [0.15, 0.2) is 0 Å². The fourth-order valence-corrected chi connectivity index (χ4v) is 3.92. The Bertz CT molecular complexity index is 642. The minimum Gasteiger partial charge on any atom is -0.364 e. The molecule has 3 aliphatic heterocycles. The van der Waals surface area contributed by atoms with Crippen molar-refractivity contribution in [3.63, 3.8) is 0 Å². The molecule has 3 fully saturated rings. The van der Waals surface area contributed by atoms with Gasteiger partial charge in [0.2, 0.25) is 0 Å². The first-order valence-electron chi connectivity index (χ1n) is 12.6. The Morgan fingerprint density at radius 1 is 0.525 bits per heavy atom. The molecule has 0 bridgehead atoms. The molecular formula is C23H47N7O10. The molecule has 40 heavy (non-hydrogen) atoms. The fourth-order valence-electron chi connectivity index (χ4n) is 3.92. The highest BCUT2D eigenvalue weighted by Crippen LogP contribution is 2.09. The average Bonchev–Trinajstić information content (AvgIpc) is 2.93. The van der Waals surface area contributed by atoms with Crippen molar-refractivity contribution in [1.29, 1.82) is 0 Å². The van der Waals surface area contributed by atoms with E-state index in [0.717, 1.165) is 19.5 Å². The van der Waals surface area contributed by atoms with E-state index in [0.29, 0.717) is 40.3 Å². The van der Waals surface area contributed by atoms with Crippen LogP contribution in [0.25, 0.3) is 0 Å². The summed E-state index contributed by atoms with van der Waals surface area (Å²) >= 11 is 0. The SMILES string of the molecule is COCN1CCCN(COC)C1=O.COCN1CN(C)CN(COC)C1=O.COCN1COCN(COC)C1=O. The van der Waals surface area contributed by atoms with Gasteiger partial charge in [0.25, 0.3) is 0 Å². The number of carbonyl (C=O) groups is 3. The van der Waals surface area contributed by atoms with Gasteiger partial charge in [-0.3, -0.25) is 24.5 Å². The van der Waals surface area contributed by atoms with Gasteiger partial charge in [0, 0.05) is 55.7 Å². The summed E-state index contributed by atoms with van der Waals surface area (Å²) in [5, 5.41) is 0. The number of carbonyl (C=O) groups excluding carboxylic acids is 3. The third-order valence-electron chi connectivity index (χ3n) is 5.51. The first-order chi connectivity index (χ1) is 19.3. The molecule has 0 spiro atoms. The van der Waals surface area contributed by atoms with Crippen LogP contribution >= 0.6 is 0 Å². The molecule has 0 radical (unpaired) electrons. The standard InChI is InChI=1S/C8H17N3O3.C8H16N2O3.C7H14N2O4/c1-9-4-10(6-13-2)8(12)11(5-9)7-14-3;1-12-6-9-4-3-5-10(7-13-2)8(9)11;1-11-3-8-5-13-6-9(4-12-2)7(8)10/h4-7H2,1-3H3;3-7H2,1-2H3;3-6H2,1-2H3. The molecule has 6 amide bonds. The summed E-state index contributed by atoms with van der Waals surface area (Å²) in [6, 6.07) is -0.184. The van der Waals surface area contributed by atoms with Crippen molar-refractivity contribution >= 4 is 18.1 Å². The van der Waals surface area contributed by atoms with Crippen LogP contribution in [0.1, 0.15) is 6.42 Å².